The predicted molar refractivity (Wildman–Crippen MR) is 43.0 cm³/mol. The van der Waals surface area contributed by atoms with Crippen LogP contribution in [0.5, 0.6) is 0 Å². The third-order valence-corrected chi connectivity index (χ3v) is 1.23. The van der Waals surface area contributed by atoms with Crippen LogP contribution in [0, 0.1) is 0 Å². The molecule has 0 amide bonds. The maximum atomic E-state index is 8.64. The zero-order valence-electron chi connectivity index (χ0n) is 6.54. The fourth-order valence-corrected chi connectivity index (χ4v) is 0.477. The molecule has 0 radical (unpaired) electrons. The number of hydrogen-bond donors (Lipinski definition) is 1. The Labute approximate surface area is 61.7 Å². The van der Waals surface area contributed by atoms with Crippen molar-refractivity contribution in [3.05, 3.63) is 11.9 Å². The number of aliphatic hydroxyl groups excluding tert-OH is 1. The zero-order valence-corrected chi connectivity index (χ0v) is 6.54. The van der Waals surface area contributed by atoms with Gasteiger partial charge in [0.15, 0.2) is 0 Å². The summed E-state index contributed by atoms with van der Waals surface area (Å²) in [6, 6.07) is 0. The van der Waals surface area contributed by atoms with Gasteiger partial charge in [0.1, 0.15) is 0 Å². The highest BCUT2D eigenvalue weighted by Gasteiger charge is 1.90. The van der Waals surface area contributed by atoms with Crippen molar-refractivity contribution in [2.45, 2.75) is 6.92 Å². The predicted octanol–water partition coefficient (Wildman–Crippen LogP) is 0.472. The molecule has 0 unspecified atom stereocenters. The lowest BCUT2D eigenvalue weighted by atomic mass is 10.5. The Morgan fingerprint density at radius 3 is 2.70 bits per heavy atom. The third kappa shape index (κ3) is 3.25. The van der Waals surface area contributed by atoms with E-state index in [2.05, 4.69) is 11.7 Å². The van der Waals surface area contributed by atoms with Crippen molar-refractivity contribution >= 4 is 6.72 Å². The number of hydrogen-bond acceptors (Lipinski definition) is 3. The molecule has 0 rings (SSSR count). The molecule has 0 bridgehead atoms. The van der Waals surface area contributed by atoms with Crippen LogP contribution in [0.4, 0.5) is 0 Å². The zero-order chi connectivity index (χ0) is 7.98. The second-order valence-corrected chi connectivity index (χ2v) is 2.01. The van der Waals surface area contributed by atoms with Gasteiger partial charge in [0.2, 0.25) is 0 Å². The topological polar surface area (TPSA) is 35.8 Å². The minimum Gasteiger partial charge on any atom is -0.390 e. The lowest BCUT2D eigenvalue weighted by Gasteiger charge is -2.10. The number of rotatable bonds is 4. The van der Waals surface area contributed by atoms with E-state index < -0.39 is 0 Å². The summed E-state index contributed by atoms with van der Waals surface area (Å²) in [4.78, 5) is 5.54. The van der Waals surface area contributed by atoms with Crippen LogP contribution in [0.25, 0.3) is 0 Å². The Morgan fingerprint density at radius 1 is 1.80 bits per heavy atom. The Morgan fingerprint density at radius 2 is 2.40 bits per heavy atom. The van der Waals surface area contributed by atoms with Crippen molar-refractivity contribution in [1.29, 1.82) is 0 Å². The summed E-state index contributed by atoms with van der Waals surface area (Å²) >= 11 is 0. The van der Waals surface area contributed by atoms with Crippen LogP contribution in [-0.4, -0.2) is 36.9 Å². The van der Waals surface area contributed by atoms with Gasteiger partial charge in [-0.3, -0.25) is 4.99 Å². The van der Waals surface area contributed by atoms with Gasteiger partial charge in [0.05, 0.1) is 12.3 Å². The largest absolute Gasteiger partial charge is 0.390 e. The van der Waals surface area contributed by atoms with Gasteiger partial charge in [-0.2, -0.15) is 0 Å². The molecule has 0 spiro atoms. The van der Waals surface area contributed by atoms with Crippen molar-refractivity contribution < 1.29 is 5.11 Å². The first-order chi connectivity index (χ1) is 4.74. The fourth-order valence-electron chi connectivity index (χ4n) is 0.477. The average molecular weight is 142 g/mol. The van der Waals surface area contributed by atoms with Crippen LogP contribution in [0.15, 0.2) is 16.9 Å². The summed E-state index contributed by atoms with van der Waals surface area (Å²) < 4.78 is 0. The third-order valence-electron chi connectivity index (χ3n) is 1.23. The first-order valence-electron chi connectivity index (χ1n) is 3.23. The van der Waals surface area contributed by atoms with Crippen LogP contribution < -0.4 is 0 Å². The molecule has 0 aliphatic rings. The van der Waals surface area contributed by atoms with Gasteiger partial charge in [-0.15, -0.1) is 0 Å². The van der Waals surface area contributed by atoms with Gasteiger partial charge in [-0.05, 0) is 13.6 Å². The van der Waals surface area contributed by atoms with Crippen LogP contribution >= 0.6 is 0 Å². The van der Waals surface area contributed by atoms with E-state index in [-0.39, 0.29) is 6.61 Å². The normalized spacial score (nSPS) is 11.3. The fraction of sp³-hybridized carbons (Fsp3) is 0.571. The summed E-state index contributed by atoms with van der Waals surface area (Å²) in [5.74, 6) is 0. The molecule has 0 aliphatic heterocycles. The Balaban J connectivity index is 3.95. The van der Waals surface area contributed by atoms with Crippen molar-refractivity contribution in [2.75, 3.05) is 20.2 Å². The smallest absolute Gasteiger partial charge is 0.0867 e. The van der Waals surface area contributed by atoms with E-state index in [1.54, 1.807) is 6.20 Å². The molecule has 0 aliphatic carbocycles. The van der Waals surface area contributed by atoms with E-state index in [9.17, 15) is 0 Å². The van der Waals surface area contributed by atoms with E-state index in [1.165, 1.54) is 0 Å². The molecule has 0 aromatic carbocycles. The van der Waals surface area contributed by atoms with E-state index in [1.807, 2.05) is 18.9 Å². The Bertz CT molecular complexity index is 132. The molecule has 3 nitrogen and oxygen atoms in total. The minimum absolute atomic E-state index is 0.0478. The molecule has 0 aromatic heterocycles. The SMILES string of the molecule is C=NC(=CN(C)CC)CO. The number of aliphatic hydroxyl groups is 1. The lowest BCUT2D eigenvalue weighted by molar-refractivity contribution is 0.325. The molecule has 0 fully saturated rings. The monoisotopic (exact) mass is 142 g/mol. The minimum atomic E-state index is -0.0478. The molecule has 0 saturated carbocycles. The van der Waals surface area contributed by atoms with Gasteiger partial charge >= 0.3 is 0 Å². The van der Waals surface area contributed by atoms with Crippen LogP contribution in [0.2, 0.25) is 0 Å². The molecular formula is C7H14N2O. The summed E-state index contributed by atoms with van der Waals surface area (Å²) in [5.41, 5.74) is 0.601. The van der Waals surface area contributed by atoms with Gasteiger partial charge < -0.3 is 10.0 Å². The lowest BCUT2D eigenvalue weighted by Crippen LogP contribution is -2.10. The number of aliphatic imine (C=N–C) groups is 1. The van der Waals surface area contributed by atoms with Gasteiger partial charge in [-0.1, -0.05) is 0 Å². The molecule has 0 heterocycles. The maximum Gasteiger partial charge on any atom is 0.0867 e. The first kappa shape index (κ1) is 9.17. The van der Waals surface area contributed by atoms with Crippen molar-refractivity contribution in [2.24, 2.45) is 4.99 Å². The van der Waals surface area contributed by atoms with E-state index in [0.717, 1.165) is 6.54 Å². The standard InChI is InChI=1S/C7H14N2O/c1-4-9(3)5-7(6-10)8-2/h5,10H,2,4,6H2,1,3H3. The van der Waals surface area contributed by atoms with Gasteiger partial charge in [0, 0.05) is 19.8 Å². The van der Waals surface area contributed by atoms with Crippen LogP contribution in [-0.2, 0) is 0 Å². The summed E-state index contributed by atoms with van der Waals surface area (Å²) in [6.45, 7) is 6.19. The second-order valence-electron chi connectivity index (χ2n) is 2.01. The molecule has 58 valence electrons. The molecule has 0 saturated heterocycles. The van der Waals surface area contributed by atoms with Crippen molar-refractivity contribution in [1.82, 2.24) is 4.90 Å². The van der Waals surface area contributed by atoms with E-state index in [0.29, 0.717) is 5.70 Å². The van der Waals surface area contributed by atoms with Crippen LogP contribution in [0.1, 0.15) is 6.92 Å². The average Bonchev–Trinajstić information content (AvgIpc) is 1.99. The Kier molecular flexibility index (Phi) is 4.58. The highest BCUT2D eigenvalue weighted by atomic mass is 16.3. The van der Waals surface area contributed by atoms with Gasteiger partial charge in [-0.25, -0.2) is 0 Å². The first-order valence-corrected chi connectivity index (χ1v) is 3.23. The van der Waals surface area contributed by atoms with E-state index in [4.69, 9.17) is 5.11 Å². The van der Waals surface area contributed by atoms with Crippen molar-refractivity contribution in [3.63, 3.8) is 0 Å². The van der Waals surface area contributed by atoms with E-state index >= 15 is 0 Å². The molecule has 1 N–H and O–H groups in total. The quantitative estimate of drug-likeness (QED) is 0.579. The summed E-state index contributed by atoms with van der Waals surface area (Å²) in [6.07, 6.45) is 1.77. The molecular weight excluding hydrogens is 128 g/mol. The second kappa shape index (κ2) is 4.99. The highest BCUT2D eigenvalue weighted by Crippen LogP contribution is 1.94. The molecule has 0 aromatic rings. The Hall–Kier alpha value is -0.830. The summed E-state index contributed by atoms with van der Waals surface area (Å²) in [7, 11) is 1.92. The highest BCUT2D eigenvalue weighted by molar-refractivity contribution is 5.28. The molecule has 0 atom stereocenters. The summed E-state index contributed by atoms with van der Waals surface area (Å²) in [5, 5.41) is 8.64. The number of nitrogens with zero attached hydrogens (tertiary/aromatic N) is 2. The van der Waals surface area contributed by atoms with Crippen molar-refractivity contribution in [3.8, 4) is 0 Å². The molecule has 3 heteroatoms. The van der Waals surface area contributed by atoms with Crippen LogP contribution in [0.3, 0.4) is 0 Å². The molecule has 10 heavy (non-hydrogen) atoms. The maximum absolute atomic E-state index is 8.64. The van der Waals surface area contributed by atoms with Gasteiger partial charge in [0.25, 0.3) is 0 Å².